The average Bonchev–Trinajstić information content (AvgIpc) is 2.97. The van der Waals surface area contributed by atoms with Crippen LogP contribution in [0.4, 0.5) is 5.95 Å². The second-order valence-corrected chi connectivity index (χ2v) is 5.39. The number of nitrogens with zero attached hydrogens (tertiary/aromatic N) is 3. The molecule has 3 rings (SSSR count). The molecule has 0 atom stereocenters. The first-order valence-corrected chi connectivity index (χ1v) is 7.34. The number of likely N-dealkylation sites (N-methyl/N-ethyl adjacent to an activating group) is 1. The lowest BCUT2D eigenvalue weighted by atomic mass is 10.1. The molecule has 5 heteroatoms. The zero-order valence-corrected chi connectivity index (χ0v) is 12.2. The molecule has 1 N–H and O–H groups in total. The molecule has 1 aromatic carbocycles. The first-order chi connectivity index (χ1) is 10.2. The van der Waals surface area contributed by atoms with E-state index in [-0.39, 0.29) is 5.91 Å². The van der Waals surface area contributed by atoms with Crippen LogP contribution in [0.25, 0.3) is 0 Å². The molecule has 0 saturated heterocycles. The molecule has 0 unspecified atom stereocenters. The summed E-state index contributed by atoms with van der Waals surface area (Å²) in [6, 6.07) is 10.2. The van der Waals surface area contributed by atoms with Crippen LogP contribution in [0.5, 0.6) is 0 Å². The molecule has 2 heterocycles. The Morgan fingerprint density at radius 3 is 2.95 bits per heavy atom. The molecule has 0 spiro atoms. The van der Waals surface area contributed by atoms with Gasteiger partial charge in [-0.3, -0.25) is 4.79 Å². The highest BCUT2D eigenvalue weighted by Gasteiger charge is 2.19. The fourth-order valence-corrected chi connectivity index (χ4v) is 2.52. The SMILES string of the molecule is CN(CCc1ccccc1)C(=O)c1cn2c(n1)NCCC2. The van der Waals surface area contributed by atoms with Crippen LogP contribution in [-0.4, -0.2) is 40.5 Å². The number of nitrogens with one attached hydrogen (secondary N) is 1. The van der Waals surface area contributed by atoms with E-state index in [1.165, 1.54) is 5.56 Å². The van der Waals surface area contributed by atoms with Crippen LogP contribution in [-0.2, 0) is 13.0 Å². The Kier molecular flexibility index (Phi) is 3.90. The van der Waals surface area contributed by atoms with Gasteiger partial charge in [-0.2, -0.15) is 0 Å². The molecule has 21 heavy (non-hydrogen) atoms. The zero-order chi connectivity index (χ0) is 14.7. The van der Waals surface area contributed by atoms with Gasteiger partial charge in [0.25, 0.3) is 5.91 Å². The quantitative estimate of drug-likeness (QED) is 0.934. The third-order valence-electron chi connectivity index (χ3n) is 3.78. The van der Waals surface area contributed by atoms with Crippen LogP contribution in [0.1, 0.15) is 22.5 Å². The monoisotopic (exact) mass is 284 g/mol. The summed E-state index contributed by atoms with van der Waals surface area (Å²) in [5.74, 6) is 0.788. The van der Waals surface area contributed by atoms with E-state index in [0.717, 1.165) is 31.9 Å². The number of imidazole rings is 1. The number of anilines is 1. The third-order valence-corrected chi connectivity index (χ3v) is 3.78. The average molecular weight is 284 g/mol. The minimum absolute atomic E-state index is 0.0189. The highest BCUT2D eigenvalue weighted by atomic mass is 16.2. The van der Waals surface area contributed by atoms with Crippen molar-refractivity contribution in [2.24, 2.45) is 0 Å². The van der Waals surface area contributed by atoms with Crippen molar-refractivity contribution >= 4 is 11.9 Å². The van der Waals surface area contributed by atoms with Gasteiger partial charge < -0.3 is 14.8 Å². The van der Waals surface area contributed by atoms with Crippen LogP contribution in [0, 0.1) is 0 Å². The molecular formula is C16H20N4O. The second kappa shape index (κ2) is 5.99. The van der Waals surface area contributed by atoms with Gasteiger partial charge in [-0.25, -0.2) is 4.98 Å². The van der Waals surface area contributed by atoms with Gasteiger partial charge in [0.15, 0.2) is 0 Å². The largest absolute Gasteiger partial charge is 0.356 e. The van der Waals surface area contributed by atoms with Crippen molar-refractivity contribution in [1.82, 2.24) is 14.5 Å². The number of benzene rings is 1. The first-order valence-electron chi connectivity index (χ1n) is 7.34. The number of aryl methyl sites for hydroxylation is 1. The van der Waals surface area contributed by atoms with E-state index in [1.54, 1.807) is 4.90 Å². The van der Waals surface area contributed by atoms with Crippen molar-refractivity contribution < 1.29 is 4.79 Å². The standard InChI is InChI=1S/C16H20N4O/c1-19(11-8-13-6-3-2-4-7-13)15(21)14-12-20-10-5-9-17-16(20)18-14/h2-4,6-7,12H,5,8-11H2,1H3,(H,17,18). The van der Waals surface area contributed by atoms with Crippen LogP contribution in [0.2, 0.25) is 0 Å². The van der Waals surface area contributed by atoms with E-state index < -0.39 is 0 Å². The predicted molar refractivity (Wildman–Crippen MR) is 82.4 cm³/mol. The number of rotatable bonds is 4. The number of amides is 1. The molecule has 0 aliphatic carbocycles. The van der Waals surface area contributed by atoms with Crippen molar-refractivity contribution in [2.45, 2.75) is 19.4 Å². The van der Waals surface area contributed by atoms with Gasteiger partial charge in [-0.1, -0.05) is 30.3 Å². The summed E-state index contributed by atoms with van der Waals surface area (Å²) >= 11 is 0. The number of carbonyl (C=O) groups excluding carboxylic acids is 1. The van der Waals surface area contributed by atoms with E-state index >= 15 is 0 Å². The topological polar surface area (TPSA) is 50.2 Å². The second-order valence-electron chi connectivity index (χ2n) is 5.39. The molecule has 110 valence electrons. The number of hydrogen-bond acceptors (Lipinski definition) is 3. The van der Waals surface area contributed by atoms with Crippen molar-refractivity contribution in [3.05, 3.63) is 47.8 Å². The normalized spacial score (nSPS) is 13.4. The molecule has 1 aromatic heterocycles. The molecule has 0 radical (unpaired) electrons. The molecular weight excluding hydrogens is 264 g/mol. The van der Waals surface area contributed by atoms with Gasteiger partial charge in [-0.15, -0.1) is 0 Å². The summed E-state index contributed by atoms with van der Waals surface area (Å²) in [7, 11) is 1.83. The van der Waals surface area contributed by atoms with Gasteiger partial charge in [0, 0.05) is 32.9 Å². The molecule has 2 aromatic rings. The molecule has 1 aliphatic rings. The lowest BCUT2D eigenvalue weighted by Gasteiger charge is -2.15. The minimum atomic E-state index is -0.0189. The first kappa shape index (κ1) is 13.7. The van der Waals surface area contributed by atoms with Gasteiger partial charge in [0.2, 0.25) is 5.95 Å². The molecule has 0 saturated carbocycles. The highest BCUT2D eigenvalue weighted by Crippen LogP contribution is 2.15. The van der Waals surface area contributed by atoms with Crippen molar-refractivity contribution in [1.29, 1.82) is 0 Å². The number of hydrogen-bond donors (Lipinski definition) is 1. The summed E-state index contributed by atoms with van der Waals surface area (Å²) in [6.45, 7) is 2.54. The Morgan fingerprint density at radius 1 is 1.38 bits per heavy atom. The number of aromatic nitrogens is 2. The third kappa shape index (κ3) is 3.07. The smallest absolute Gasteiger partial charge is 0.273 e. The Balaban J connectivity index is 1.63. The van der Waals surface area contributed by atoms with Gasteiger partial charge in [0.05, 0.1) is 0 Å². The van der Waals surface area contributed by atoms with Crippen LogP contribution in [0.15, 0.2) is 36.5 Å². The highest BCUT2D eigenvalue weighted by molar-refractivity contribution is 5.92. The maximum absolute atomic E-state index is 12.4. The lowest BCUT2D eigenvalue weighted by Crippen LogP contribution is -2.29. The Bertz CT molecular complexity index is 597. The Labute approximate surface area is 124 Å². The maximum atomic E-state index is 12.4. The summed E-state index contributed by atoms with van der Waals surface area (Å²) in [6.07, 6.45) is 3.78. The molecule has 0 fully saturated rings. The van der Waals surface area contributed by atoms with Crippen LogP contribution < -0.4 is 5.32 Å². The van der Waals surface area contributed by atoms with E-state index in [1.807, 2.05) is 36.0 Å². The van der Waals surface area contributed by atoms with Crippen molar-refractivity contribution in [2.75, 3.05) is 25.5 Å². The minimum Gasteiger partial charge on any atom is -0.356 e. The molecule has 1 aliphatic heterocycles. The van der Waals surface area contributed by atoms with Gasteiger partial charge in [-0.05, 0) is 18.4 Å². The lowest BCUT2D eigenvalue weighted by molar-refractivity contribution is 0.0791. The summed E-state index contributed by atoms with van der Waals surface area (Å²) < 4.78 is 2.02. The molecule has 5 nitrogen and oxygen atoms in total. The van der Waals surface area contributed by atoms with Crippen LogP contribution >= 0.6 is 0 Å². The Morgan fingerprint density at radius 2 is 2.19 bits per heavy atom. The van der Waals surface area contributed by atoms with E-state index in [0.29, 0.717) is 12.2 Å². The van der Waals surface area contributed by atoms with Crippen LogP contribution in [0.3, 0.4) is 0 Å². The van der Waals surface area contributed by atoms with Crippen molar-refractivity contribution in [3.63, 3.8) is 0 Å². The number of carbonyl (C=O) groups is 1. The van der Waals surface area contributed by atoms with Gasteiger partial charge >= 0.3 is 0 Å². The van der Waals surface area contributed by atoms with Gasteiger partial charge in [0.1, 0.15) is 5.69 Å². The molecule has 0 bridgehead atoms. The van der Waals surface area contributed by atoms with Crippen molar-refractivity contribution in [3.8, 4) is 0 Å². The fraction of sp³-hybridized carbons (Fsp3) is 0.375. The summed E-state index contributed by atoms with van der Waals surface area (Å²) in [4.78, 5) is 18.5. The van der Waals surface area contributed by atoms with E-state index in [2.05, 4.69) is 22.4 Å². The predicted octanol–water partition coefficient (Wildman–Crippen LogP) is 2.01. The Hall–Kier alpha value is -2.30. The fourth-order valence-electron chi connectivity index (χ4n) is 2.52. The zero-order valence-electron chi connectivity index (χ0n) is 12.2. The maximum Gasteiger partial charge on any atom is 0.273 e. The van der Waals surface area contributed by atoms with E-state index in [4.69, 9.17) is 0 Å². The molecule has 1 amide bonds. The summed E-state index contributed by atoms with van der Waals surface area (Å²) in [5, 5.41) is 3.22. The number of fused-ring (bicyclic) bond motifs is 1. The van der Waals surface area contributed by atoms with E-state index in [9.17, 15) is 4.79 Å². The summed E-state index contributed by atoms with van der Waals surface area (Å²) in [5.41, 5.74) is 1.76.